The van der Waals surface area contributed by atoms with Gasteiger partial charge in [-0.2, -0.15) is 0 Å². The molecule has 18 heavy (non-hydrogen) atoms. The molecule has 2 rings (SSSR count). The van der Waals surface area contributed by atoms with Gasteiger partial charge in [0.25, 0.3) is 5.91 Å². The highest BCUT2D eigenvalue weighted by atomic mass is 16.2. The summed E-state index contributed by atoms with van der Waals surface area (Å²) < 4.78 is 0. The van der Waals surface area contributed by atoms with Crippen LogP contribution in [-0.2, 0) is 0 Å². The van der Waals surface area contributed by atoms with Crippen molar-refractivity contribution in [3.8, 4) is 0 Å². The van der Waals surface area contributed by atoms with E-state index in [2.05, 4.69) is 5.43 Å². The van der Waals surface area contributed by atoms with E-state index >= 15 is 0 Å². The molecule has 1 saturated heterocycles. The van der Waals surface area contributed by atoms with E-state index in [1.54, 1.807) is 29.2 Å². The molecule has 0 aliphatic carbocycles. The van der Waals surface area contributed by atoms with Crippen LogP contribution in [0, 0.1) is 0 Å². The maximum absolute atomic E-state index is 11.9. The number of urea groups is 1. The third-order valence-electron chi connectivity index (χ3n) is 2.86. The van der Waals surface area contributed by atoms with Crippen molar-refractivity contribution < 1.29 is 9.59 Å². The van der Waals surface area contributed by atoms with E-state index in [9.17, 15) is 9.59 Å². The van der Waals surface area contributed by atoms with E-state index < -0.39 is 0 Å². The molecule has 0 aromatic heterocycles. The molecule has 1 N–H and O–H groups in total. The summed E-state index contributed by atoms with van der Waals surface area (Å²) in [4.78, 5) is 25.5. The maximum atomic E-state index is 11.9. The average Bonchev–Trinajstić information content (AvgIpc) is 2.73. The predicted octanol–water partition coefficient (Wildman–Crippen LogP) is 1.48. The quantitative estimate of drug-likeness (QED) is 0.876. The molecule has 0 spiro atoms. The Morgan fingerprint density at radius 1 is 1.28 bits per heavy atom. The summed E-state index contributed by atoms with van der Waals surface area (Å²) in [7, 11) is 0. The van der Waals surface area contributed by atoms with Crippen LogP contribution in [0.3, 0.4) is 0 Å². The summed E-state index contributed by atoms with van der Waals surface area (Å²) >= 11 is 0. The Balaban J connectivity index is 1.95. The fourth-order valence-corrected chi connectivity index (χ4v) is 1.94. The summed E-state index contributed by atoms with van der Waals surface area (Å²) in [5, 5.41) is 1.38. The van der Waals surface area contributed by atoms with Crippen LogP contribution in [-0.4, -0.2) is 41.5 Å². The number of carbonyl (C=O) groups is 2. The lowest BCUT2D eigenvalue weighted by Crippen LogP contribution is -2.45. The van der Waals surface area contributed by atoms with Crippen LogP contribution in [0.2, 0.25) is 0 Å². The Hall–Kier alpha value is -2.04. The first-order chi connectivity index (χ1) is 8.72. The Morgan fingerprint density at radius 3 is 2.67 bits per heavy atom. The summed E-state index contributed by atoms with van der Waals surface area (Å²) in [6.07, 6.45) is 0.923. The van der Waals surface area contributed by atoms with Gasteiger partial charge >= 0.3 is 6.03 Å². The normalized spacial score (nSPS) is 15.1. The zero-order valence-corrected chi connectivity index (χ0v) is 10.4. The van der Waals surface area contributed by atoms with Crippen molar-refractivity contribution in [2.45, 2.75) is 13.3 Å². The van der Waals surface area contributed by atoms with Crippen LogP contribution < -0.4 is 5.43 Å². The van der Waals surface area contributed by atoms with Gasteiger partial charge in [0.05, 0.1) is 6.54 Å². The van der Waals surface area contributed by atoms with Crippen LogP contribution >= 0.6 is 0 Å². The largest absolute Gasteiger partial charge is 0.338 e. The van der Waals surface area contributed by atoms with Gasteiger partial charge in [0, 0.05) is 18.7 Å². The first-order valence-corrected chi connectivity index (χ1v) is 6.15. The van der Waals surface area contributed by atoms with Crippen molar-refractivity contribution in [1.82, 2.24) is 15.3 Å². The van der Waals surface area contributed by atoms with E-state index in [-0.39, 0.29) is 11.9 Å². The van der Waals surface area contributed by atoms with Crippen molar-refractivity contribution in [3.63, 3.8) is 0 Å². The Morgan fingerprint density at radius 2 is 2.00 bits per heavy atom. The molecule has 1 aromatic carbocycles. The molecule has 0 bridgehead atoms. The molecule has 1 aliphatic rings. The molecular formula is C13H17N3O2. The van der Waals surface area contributed by atoms with Crippen LogP contribution in [0.4, 0.5) is 4.79 Å². The van der Waals surface area contributed by atoms with E-state index in [0.29, 0.717) is 18.7 Å². The number of nitrogens with one attached hydrogen (secondary N) is 1. The summed E-state index contributed by atoms with van der Waals surface area (Å²) in [5.41, 5.74) is 3.19. The first-order valence-electron chi connectivity index (χ1n) is 6.15. The zero-order valence-electron chi connectivity index (χ0n) is 10.4. The van der Waals surface area contributed by atoms with Crippen molar-refractivity contribution in [1.29, 1.82) is 0 Å². The fraction of sp³-hybridized carbons (Fsp3) is 0.385. The molecule has 0 radical (unpaired) electrons. The average molecular weight is 247 g/mol. The van der Waals surface area contributed by atoms with Crippen molar-refractivity contribution in [2.75, 3.05) is 19.6 Å². The Kier molecular flexibility index (Phi) is 3.82. The van der Waals surface area contributed by atoms with Gasteiger partial charge < -0.3 is 4.90 Å². The van der Waals surface area contributed by atoms with Crippen LogP contribution in [0.25, 0.3) is 0 Å². The molecule has 0 unspecified atom stereocenters. The molecule has 1 fully saturated rings. The van der Waals surface area contributed by atoms with Crippen LogP contribution in [0.5, 0.6) is 0 Å². The zero-order chi connectivity index (χ0) is 13.0. The fourth-order valence-electron chi connectivity index (χ4n) is 1.94. The summed E-state index contributed by atoms with van der Waals surface area (Å²) in [6.45, 7) is 3.97. The minimum atomic E-state index is -0.248. The highest BCUT2D eigenvalue weighted by Gasteiger charge is 2.28. The lowest BCUT2D eigenvalue weighted by molar-refractivity contribution is 0.0846. The lowest BCUT2D eigenvalue weighted by Gasteiger charge is -2.18. The van der Waals surface area contributed by atoms with Gasteiger partial charge in [-0.3, -0.25) is 10.2 Å². The van der Waals surface area contributed by atoms with Gasteiger partial charge in [0.1, 0.15) is 0 Å². The molecule has 96 valence electrons. The van der Waals surface area contributed by atoms with Gasteiger partial charge in [0.15, 0.2) is 0 Å². The van der Waals surface area contributed by atoms with E-state index in [4.69, 9.17) is 0 Å². The van der Waals surface area contributed by atoms with E-state index in [0.717, 1.165) is 13.0 Å². The number of hydrazine groups is 1. The van der Waals surface area contributed by atoms with E-state index in [1.807, 2.05) is 13.0 Å². The predicted molar refractivity (Wildman–Crippen MR) is 67.9 cm³/mol. The monoisotopic (exact) mass is 247 g/mol. The number of carbonyl (C=O) groups excluding carboxylic acids is 2. The molecule has 1 aromatic rings. The third kappa shape index (κ3) is 2.61. The third-order valence-corrected chi connectivity index (χ3v) is 2.86. The number of benzene rings is 1. The second-order valence-corrected chi connectivity index (χ2v) is 4.23. The number of hydrogen-bond donors (Lipinski definition) is 1. The minimum Gasteiger partial charge on any atom is -0.321 e. The minimum absolute atomic E-state index is 0.124. The molecule has 0 atom stereocenters. The smallest absolute Gasteiger partial charge is 0.321 e. The van der Waals surface area contributed by atoms with Gasteiger partial charge in [-0.05, 0) is 18.6 Å². The Labute approximate surface area is 106 Å². The summed E-state index contributed by atoms with van der Waals surface area (Å²) in [5.74, 6) is -0.248. The second-order valence-electron chi connectivity index (χ2n) is 4.23. The first kappa shape index (κ1) is 12.4. The number of amides is 3. The SMILES string of the molecule is CCCN1CCN(NC(=O)c2ccccc2)C1=O. The molecule has 5 nitrogen and oxygen atoms in total. The van der Waals surface area contributed by atoms with Gasteiger partial charge in [-0.25, -0.2) is 9.80 Å². The van der Waals surface area contributed by atoms with Crippen LogP contribution in [0.1, 0.15) is 23.7 Å². The molecule has 1 heterocycles. The molecule has 1 aliphatic heterocycles. The number of nitrogens with zero attached hydrogens (tertiary/aromatic N) is 2. The van der Waals surface area contributed by atoms with Gasteiger partial charge in [0.2, 0.25) is 0 Å². The molecule has 3 amide bonds. The molecule has 5 heteroatoms. The topological polar surface area (TPSA) is 52.6 Å². The van der Waals surface area contributed by atoms with Crippen molar-refractivity contribution in [3.05, 3.63) is 35.9 Å². The lowest BCUT2D eigenvalue weighted by atomic mass is 10.2. The maximum Gasteiger partial charge on any atom is 0.338 e. The van der Waals surface area contributed by atoms with Crippen LogP contribution in [0.15, 0.2) is 30.3 Å². The number of rotatable bonds is 4. The molecule has 0 saturated carbocycles. The highest BCUT2D eigenvalue weighted by Crippen LogP contribution is 2.07. The Bertz CT molecular complexity index is 433. The van der Waals surface area contributed by atoms with Crippen molar-refractivity contribution >= 4 is 11.9 Å². The molecular weight excluding hydrogens is 230 g/mol. The second kappa shape index (κ2) is 5.53. The standard InChI is InChI=1S/C13H17N3O2/c1-2-8-15-9-10-16(13(15)18)14-12(17)11-6-4-3-5-7-11/h3-7H,2,8-10H2,1H3,(H,14,17). The van der Waals surface area contributed by atoms with Crippen molar-refractivity contribution in [2.24, 2.45) is 0 Å². The summed E-state index contributed by atoms with van der Waals surface area (Å²) in [6, 6.07) is 8.76. The van der Waals surface area contributed by atoms with E-state index in [1.165, 1.54) is 5.01 Å². The number of hydrogen-bond acceptors (Lipinski definition) is 2. The van der Waals surface area contributed by atoms with Gasteiger partial charge in [-0.1, -0.05) is 25.1 Å². The van der Waals surface area contributed by atoms with Gasteiger partial charge in [-0.15, -0.1) is 0 Å². The highest BCUT2D eigenvalue weighted by molar-refractivity contribution is 5.95.